The summed E-state index contributed by atoms with van der Waals surface area (Å²) in [6.07, 6.45) is 2.06. The van der Waals surface area contributed by atoms with Crippen LogP contribution in [0.1, 0.15) is 58.0 Å². The Hall–Kier alpha value is -2.95. The highest BCUT2D eigenvalue weighted by Crippen LogP contribution is 2.28. The number of nitrogens with zero attached hydrogens (tertiary/aromatic N) is 1. The maximum absolute atomic E-state index is 13.1. The summed E-state index contributed by atoms with van der Waals surface area (Å²) in [6.45, 7) is 5.86. The summed E-state index contributed by atoms with van der Waals surface area (Å²) < 4.78 is 0. The Morgan fingerprint density at radius 1 is 0.963 bits per heavy atom. The second kappa shape index (κ2) is 7.74. The Bertz CT molecular complexity index is 849. The first kappa shape index (κ1) is 18.8. The van der Waals surface area contributed by atoms with Crippen LogP contribution in [0.15, 0.2) is 42.5 Å². The van der Waals surface area contributed by atoms with Crippen molar-refractivity contribution in [2.24, 2.45) is 0 Å². The van der Waals surface area contributed by atoms with E-state index < -0.39 is 17.9 Å². The first-order valence-corrected chi connectivity index (χ1v) is 9.29. The van der Waals surface area contributed by atoms with Crippen molar-refractivity contribution >= 4 is 23.4 Å². The number of para-hydroxylation sites is 1. The maximum Gasteiger partial charge on any atom is 0.262 e. The second-order valence-electron chi connectivity index (χ2n) is 6.94. The number of fused-ring (bicyclic) bond motifs is 1. The van der Waals surface area contributed by atoms with Crippen molar-refractivity contribution in [2.75, 3.05) is 5.32 Å². The number of anilines is 1. The van der Waals surface area contributed by atoms with Crippen LogP contribution in [0.4, 0.5) is 5.69 Å². The van der Waals surface area contributed by atoms with Crippen LogP contribution in [0.2, 0.25) is 0 Å². The topological polar surface area (TPSA) is 66.5 Å². The number of rotatable bonds is 6. The minimum absolute atomic E-state index is 0.324. The summed E-state index contributed by atoms with van der Waals surface area (Å²) in [6, 6.07) is 11.7. The number of hydrogen-bond acceptors (Lipinski definition) is 3. The van der Waals surface area contributed by atoms with Crippen LogP contribution in [-0.4, -0.2) is 28.7 Å². The number of carbonyl (C=O) groups excluding carboxylic acids is 3. The smallest absolute Gasteiger partial charge is 0.262 e. The van der Waals surface area contributed by atoms with E-state index in [2.05, 4.69) is 5.32 Å². The van der Waals surface area contributed by atoms with Crippen molar-refractivity contribution in [3.63, 3.8) is 0 Å². The Kier molecular flexibility index (Phi) is 5.40. The van der Waals surface area contributed by atoms with Gasteiger partial charge < -0.3 is 5.32 Å². The van der Waals surface area contributed by atoms with Gasteiger partial charge in [-0.2, -0.15) is 0 Å². The lowest BCUT2D eigenvalue weighted by atomic mass is 10.1. The molecule has 2 aromatic rings. The van der Waals surface area contributed by atoms with E-state index in [9.17, 15) is 14.4 Å². The molecule has 0 spiro atoms. The molecule has 0 radical (unpaired) electrons. The number of carbonyl (C=O) groups is 3. The van der Waals surface area contributed by atoms with Gasteiger partial charge in [-0.25, -0.2) is 0 Å². The zero-order valence-electron chi connectivity index (χ0n) is 15.9. The molecule has 5 heteroatoms. The third-order valence-electron chi connectivity index (χ3n) is 5.00. The van der Waals surface area contributed by atoms with Crippen molar-refractivity contribution in [1.82, 2.24) is 4.90 Å². The van der Waals surface area contributed by atoms with Crippen LogP contribution in [0.5, 0.6) is 0 Å². The average molecular weight is 364 g/mol. The van der Waals surface area contributed by atoms with E-state index in [1.807, 2.05) is 39.0 Å². The summed E-state index contributed by atoms with van der Waals surface area (Å²) in [7, 11) is 0. The number of unbranched alkanes of at least 4 members (excludes halogenated alkanes) is 1. The molecule has 140 valence electrons. The number of imide groups is 1. The van der Waals surface area contributed by atoms with Crippen molar-refractivity contribution in [1.29, 1.82) is 0 Å². The molecule has 27 heavy (non-hydrogen) atoms. The summed E-state index contributed by atoms with van der Waals surface area (Å²) in [5.74, 6) is -1.11. The largest absolute Gasteiger partial charge is 0.324 e. The average Bonchev–Trinajstić information content (AvgIpc) is 2.91. The molecule has 1 aliphatic heterocycles. The predicted octanol–water partition coefficient (Wildman–Crippen LogP) is 4.10. The first-order chi connectivity index (χ1) is 13.0. The number of nitrogens with one attached hydrogen (secondary N) is 1. The van der Waals surface area contributed by atoms with Gasteiger partial charge in [-0.15, -0.1) is 0 Å². The van der Waals surface area contributed by atoms with Crippen LogP contribution in [0.3, 0.4) is 0 Å². The molecule has 0 saturated heterocycles. The van der Waals surface area contributed by atoms with Gasteiger partial charge in [0.2, 0.25) is 5.91 Å². The fourth-order valence-electron chi connectivity index (χ4n) is 3.48. The minimum atomic E-state index is -0.823. The van der Waals surface area contributed by atoms with E-state index in [-0.39, 0.29) is 5.91 Å². The molecule has 0 aromatic heterocycles. The Morgan fingerprint density at radius 2 is 1.52 bits per heavy atom. The standard InChI is InChI=1S/C22H24N2O3/c1-4-5-13-18(20(25)23-19-14(2)9-8-10-15(19)3)24-21(26)16-11-6-7-12-17(16)22(24)27/h6-12,18H,4-5,13H2,1-3H3,(H,23,25)/t18-/m1/s1. The summed E-state index contributed by atoms with van der Waals surface area (Å²) in [4.78, 5) is 39.9. The van der Waals surface area contributed by atoms with Crippen molar-refractivity contribution in [3.05, 3.63) is 64.7 Å². The Balaban J connectivity index is 1.92. The molecule has 1 heterocycles. The van der Waals surface area contributed by atoms with Gasteiger partial charge in [-0.05, 0) is 43.5 Å². The van der Waals surface area contributed by atoms with Gasteiger partial charge in [-0.3, -0.25) is 19.3 Å². The third kappa shape index (κ3) is 3.50. The molecule has 0 bridgehead atoms. The lowest BCUT2D eigenvalue weighted by Gasteiger charge is -2.26. The molecular formula is C22H24N2O3. The zero-order chi connectivity index (χ0) is 19.6. The molecule has 2 aromatic carbocycles. The van der Waals surface area contributed by atoms with E-state index in [4.69, 9.17) is 0 Å². The van der Waals surface area contributed by atoms with Gasteiger partial charge in [0, 0.05) is 5.69 Å². The molecule has 3 rings (SSSR count). The highest BCUT2D eigenvalue weighted by Gasteiger charge is 2.42. The van der Waals surface area contributed by atoms with Gasteiger partial charge in [0.15, 0.2) is 0 Å². The van der Waals surface area contributed by atoms with Crippen molar-refractivity contribution in [2.45, 2.75) is 46.1 Å². The quantitative estimate of drug-likeness (QED) is 0.785. The van der Waals surface area contributed by atoms with Crippen LogP contribution < -0.4 is 5.32 Å². The Labute approximate surface area is 159 Å². The van der Waals surface area contributed by atoms with E-state index in [0.29, 0.717) is 17.5 Å². The second-order valence-corrected chi connectivity index (χ2v) is 6.94. The summed E-state index contributed by atoms with van der Waals surface area (Å²) in [5, 5.41) is 2.95. The van der Waals surface area contributed by atoms with Crippen LogP contribution >= 0.6 is 0 Å². The first-order valence-electron chi connectivity index (χ1n) is 9.29. The van der Waals surface area contributed by atoms with Gasteiger partial charge in [0.25, 0.3) is 11.8 Å². The van der Waals surface area contributed by atoms with E-state index in [1.54, 1.807) is 24.3 Å². The van der Waals surface area contributed by atoms with Crippen LogP contribution in [0.25, 0.3) is 0 Å². The van der Waals surface area contributed by atoms with E-state index >= 15 is 0 Å². The molecule has 3 amide bonds. The van der Waals surface area contributed by atoms with Gasteiger partial charge in [0.1, 0.15) is 6.04 Å². The third-order valence-corrected chi connectivity index (χ3v) is 5.00. The highest BCUT2D eigenvalue weighted by atomic mass is 16.2. The number of hydrogen-bond donors (Lipinski definition) is 1. The fraction of sp³-hybridized carbons (Fsp3) is 0.318. The number of benzene rings is 2. The van der Waals surface area contributed by atoms with E-state index in [1.165, 1.54) is 0 Å². The Morgan fingerprint density at radius 3 is 2.04 bits per heavy atom. The summed E-state index contributed by atoms with van der Waals surface area (Å²) >= 11 is 0. The molecule has 0 aliphatic carbocycles. The fourth-order valence-corrected chi connectivity index (χ4v) is 3.48. The number of aryl methyl sites for hydroxylation is 2. The maximum atomic E-state index is 13.1. The highest BCUT2D eigenvalue weighted by molar-refractivity contribution is 6.23. The lowest BCUT2D eigenvalue weighted by molar-refractivity contribution is -0.120. The normalized spacial score (nSPS) is 14.3. The SMILES string of the molecule is CCCC[C@H](C(=O)Nc1c(C)cccc1C)N1C(=O)c2ccccc2C1=O. The molecule has 0 fully saturated rings. The van der Waals surface area contributed by atoms with Crippen LogP contribution in [0, 0.1) is 13.8 Å². The zero-order valence-corrected chi connectivity index (χ0v) is 15.9. The predicted molar refractivity (Wildman–Crippen MR) is 105 cm³/mol. The van der Waals surface area contributed by atoms with Crippen molar-refractivity contribution < 1.29 is 14.4 Å². The lowest BCUT2D eigenvalue weighted by Crippen LogP contribution is -2.47. The van der Waals surface area contributed by atoms with E-state index in [0.717, 1.165) is 34.6 Å². The molecule has 1 N–H and O–H groups in total. The molecular weight excluding hydrogens is 340 g/mol. The van der Waals surface area contributed by atoms with Crippen molar-refractivity contribution in [3.8, 4) is 0 Å². The molecule has 0 unspecified atom stereocenters. The van der Waals surface area contributed by atoms with Gasteiger partial charge >= 0.3 is 0 Å². The minimum Gasteiger partial charge on any atom is -0.324 e. The van der Waals surface area contributed by atoms with Crippen LogP contribution in [-0.2, 0) is 4.79 Å². The molecule has 0 saturated carbocycles. The van der Waals surface area contributed by atoms with Gasteiger partial charge in [0.05, 0.1) is 11.1 Å². The molecule has 1 atom stereocenters. The molecule has 1 aliphatic rings. The molecule has 5 nitrogen and oxygen atoms in total. The summed E-state index contributed by atoms with van der Waals surface area (Å²) in [5.41, 5.74) is 3.35. The number of amides is 3. The van der Waals surface area contributed by atoms with Gasteiger partial charge in [-0.1, -0.05) is 50.1 Å². The monoisotopic (exact) mass is 364 g/mol.